The van der Waals surface area contributed by atoms with Crippen LogP contribution in [-0.2, 0) is 14.3 Å². The Kier molecular flexibility index (Phi) is 10.9. The van der Waals surface area contributed by atoms with E-state index in [9.17, 15) is 9.59 Å². The Bertz CT molecular complexity index is 967. The van der Waals surface area contributed by atoms with Crippen molar-refractivity contribution in [1.29, 1.82) is 0 Å². The van der Waals surface area contributed by atoms with Crippen molar-refractivity contribution in [2.24, 2.45) is 46.3 Å². The van der Waals surface area contributed by atoms with Crippen molar-refractivity contribution in [1.82, 2.24) is 5.32 Å². The van der Waals surface area contributed by atoms with Crippen LogP contribution in [0.3, 0.4) is 0 Å². The third kappa shape index (κ3) is 7.32. The summed E-state index contributed by atoms with van der Waals surface area (Å²) < 4.78 is 6.01. The number of allylic oxidation sites excluding steroid dienone is 1. The number of hydrogen-bond donors (Lipinski definition) is 1. The third-order valence-corrected chi connectivity index (χ3v) is 12.3. The highest BCUT2D eigenvalue weighted by molar-refractivity contribution is 5.92. The van der Waals surface area contributed by atoms with Gasteiger partial charge in [0, 0.05) is 25.0 Å². The zero-order chi connectivity index (χ0) is 29.8. The van der Waals surface area contributed by atoms with Gasteiger partial charge in [-0.25, -0.2) is 0 Å². The summed E-state index contributed by atoms with van der Waals surface area (Å²) in [6, 6.07) is 0. The minimum atomic E-state index is -0.0890. The van der Waals surface area contributed by atoms with Crippen LogP contribution in [0.1, 0.15) is 138 Å². The first-order chi connectivity index (χ1) is 19.5. The molecule has 3 fully saturated rings. The van der Waals surface area contributed by atoms with Crippen LogP contribution >= 0.6 is 0 Å². The molecule has 4 rings (SSSR count). The molecule has 1 N–H and O–H groups in total. The normalized spacial score (nSPS) is 35.1. The molecule has 4 heteroatoms. The van der Waals surface area contributed by atoms with E-state index in [0.29, 0.717) is 29.4 Å². The molecule has 1 amide bonds. The Hall–Kier alpha value is -1.58. The van der Waals surface area contributed by atoms with Gasteiger partial charge in [0.1, 0.15) is 6.10 Å². The Morgan fingerprint density at radius 1 is 1.00 bits per heavy atom. The molecule has 0 unspecified atom stereocenters. The van der Waals surface area contributed by atoms with E-state index in [4.69, 9.17) is 4.74 Å². The summed E-state index contributed by atoms with van der Waals surface area (Å²) in [5.74, 6) is 4.99. The highest BCUT2D eigenvalue weighted by Gasteiger charge is 2.59. The summed E-state index contributed by atoms with van der Waals surface area (Å²) in [5.41, 5.74) is 2.95. The first-order valence-electron chi connectivity index (χ1n) is 17.3. The van der Waals surface area contributed by atoms with Crippen molar-refractivity contribution in [3.8, 4) is 0 Å². The topological polar surface area (TPSA) is 55.4 Å². The third-order valence-electron chi connectivity index (χ3n) is 12.3. The molecule has 4 aliphatic rings. The number of hydrogen-bond acceptors (Lipinski definition) is 3. The van der Waals surface area contributed by atoms with E-state index in [1.807, 2.05) is 0 Å². The van der Waals surface area contributed by atoms with Crippen LogP contribution in [0.4, 0.5) is 0 Å². The summed E-state index contributed by atoms with van der Waals surface area (Å²) in [6.45, 7) is 18.5. The van der Waals surface area contributed by atoms with Gasteiger partial charge in [0.05, 0.1) is 0 Å². The van der Waals surface area contributed by atoms with Gasteiger partial charge in [-0.1, -0.05) is 78.5 Å². The van der Waals surface area contributed by atoms with Gasteiger partial charge in [-0.3, -0.25) is 9.59 Å². The molecular formula is C37H61NO3. The standard InChI is InChI=1S/C37H61NO3/c1-25(2)12-11-13-27(5)31-17-18-32-30-16-15-28-24-29(19-21-36(28,6)33(30)20-22-37(31,32)7)41-34(39)14-9-8-10-23-38-35(40)26(3)4/h15,25,27,29-33H,3,8-14,16-24H2,1-2,4-7H3,(H,38,40)/t27-,29+,30+,31-,32+,33+,36+,37-/m1/s1. The van der Waals surface area contributed by atoms with E-state index in [0.717, 1.165) is 67.6 Å². The molecule has 8 atom stereocenters. The lowest BCUT2D eigenvalue weighted by Gasteiger charge is -2.58. The number of carbonyl (C=O) groups is 2. The fourth-order valence-corrected chi connectivity index (χ4v) is 9.92. The SMILES string of the molecule is C=C(C)C(=O)NCCCCCC(=O)O[C@H]1CC[C@@]2(C)C(=CC[C@H]3[C@@H]4CC[C@H]([C@H](C)CCCC(C)C)[C@@]4(C)CC[C@@H]32)C1. The van der Waals surface area contributed by atoms with Gasteiger partial charge in [0.25, 0.3) is 0 Å². The number of ether oxygens (including phenoxy) is 1. The van der Waals surface area contributed by atoms with Crippen molar-refractivity contribution in [3.05, 3.63) is 23.8 Å². The zero-order valence-electron chi connectivity index (χ0n) is 27.4. The van der Waals surface area contributed by atoms with Gasteiger partial charge in [0.2, 0.25) is 5.91 Å². The van der Waals surface area contributed by atoms with Crippen molar-refractivity contribution >= 4 is 11.9 Å². The number of unbranched alkanes of at least 4 members (excludes halogenated alkanes) is 2. The molecule has 0 heterocycles. The maximum absolute atomic E-state index is 12.6. The number of nitrogens with one attached hydrogen (secondary N) is 1. The Morgan fingerprint density at radius 2 is 1.78 bits per heavy atom. The maximum Gasteiger partial charge on any atom is 0.306 e. The summed E-state index contributed by atoms with van der Waals surface area (Å²) >= 11 is 0. The Labute approximate surface area is 251 Å². The summed E-state index contributed by atoms with van der Waals surface area (Å²) in [7, 11) is 0. The quantitative estimate of drug-likeness (QED) is 0.104. The van der Waals surface area contributed by atoms with Crippen LogP contribution in [0, 0.1) is 46.3 Å². The average Bonchev–Trinajstić information content (AvgIpc) is 3.27. The highest BCUT2D eigenvalue weighted by atomic mass is 16.5. The van der Waals surface area contributed by atoms with Crippen molar-refractivity contribution in [3.63, 3.8) is 0 Å². The molecule has 0 bridgehead atoms. The molecule has 3 saturated carbocycles. The average molecular weight is 568 g/mol. The lowest BCUT2D eigenvalue weighted by molar-refractivity contribution is -0.151. The molecule has 4 nitrogen and oxygen atoms in total. The maximum atomic E-state index is 12.6. The molecular weight excluding hydrogens is 506 g/mol. The molecule has 4 aliphatic carbocycles. The van der Waals surface area contributed by atoms with Gasteiger partial charge in [0.15, 0.2) is 0 Å². The number of amides is 1. The molecule has 0 aromatic carbocycles. The number of carbonyl (C=O) groups excluding carboxylic acids is 2. The number of esters is 1. The van der Waals surface area contributed by atoms with Crippen molar-refractivity contribution in [2.45, 2.75) is 144 Å². The first kappa shape index (κ1) is 32.3. The van der Waals surface area contributed by atoms with Crippen LogP contribution in [-0.4, -0.2) is 24.5 Å². The van der Waals surface area contributed by atoms with Crippen LogP contribution in [0.2, 0.25) is 0 Å². The lowest BCUT2D eigenvalue weighted by atomic mass is 9.47. The van der Waals surface area contributed by atoms with Gasteiger partial charge in [-0.05, 0) is 111 Å². The summed E-state index contributed by atoms with van der Waals surface area (Å²) in [6.07, 6.45) is 20.0. The van der Waals surface area contributed by atoms with Crippen LogP contribution < -0.4 is 5.32 Å². The smallest absolute Gasteiger partial charge is 0.306 e. The predicted octanol–water partition coefficient (Wildman–Crippen LogP) is 9.19. The van der Waals surface area contributed by atoms with E-state index in [1.54, 1.807) is 12.5 Å². The van der Waals surface area contributed by atoms with Crippen molar-refractivity contribution < 1.29 is 14.3 Å². The monoisotopic (exact) mass is 567 g/mol. The molecule has 0 aliphatic heterocycles. The second-order valence-corrected chi connectivity index (χ2v) is 15.5. The highest BCUT2D eigenvalue weighted by Crippen LogP contribution is 2.67. The summed E-state index contributed by atoms with van der Waals surface area (Å²) in [4.78, 5) is 24.2. The van der Waals surface area contributed by atoms with Gasteiger partial charge < -0.3 is 10.1 Å². The Morgan fingerprint density at radius 3 is 2.51 bits per heavy atom. The van der Waals surface area contributed by atoms with Crippen LogP contribution in [0.25, 0.3) is 0 Å². The fourth-order valence-electron chi connectivity index (χ4n) is 9.92. The number of fused-ring (bicyclic) bond motifs is 5. The molecule has 0 aromatic rings. The minimum Gasteiger partial charge on any atom is -0.462 e. The molecule has 0 spiro atoms. The molecule has 0 saturated heterocycles. The van der Waals surface area contributed by atoms with E-state index in [2.05, 4.69) is 52.6 Å². The first-order valence-corrected chi connectivity index (χ1v) is 17.3. The fraction of sp³-hybridized carbons (Fsp3) is 0.838. The van der Waals surface area contributed by atoms with E-state index in [1.165, 1.54) is 57.8 Å². The van der Waals surface area contributed by atoms with Crippen molar-refractivity contribution in [2.75, 3.05) is 6.54 Å². The Balaban J connectivity index is 1.26. The zero-order valence-corrected chi connectivity index (χ0v) is 27.4. The predicted molar refractivity (Wildman–Crippen MR) is 169 cm³/mol. The van der Waals surface area contributed by atoms with Crippen LogP contribution in [0.5, 0.6) is 0 Å². The van der Waals surface area contributed by atoms with Gasteiger partial charge >= 0.3 is 5.97 Å². The molecule has 232 valence electrons. The summed E-state index contributed by atoms with van der Waals surface area (Å²) in [5, 5.41) is 2.86. The molecule has 0 aromatic heterocycles. The second-order valence-electron chi connectivity index (χ2n) is 15.5. The van der Waals surface area contributed by atoms with Gasteiger partial charge in [-0.15, -0.1) is 0 Å². The van der Waals surface area contributed by atoms with Crippen LogP contribution in [0.15, 0.2) is 23.8 Å². The number of rotatable bonds is 13. The minimum absolute atomic E-state index is 0.0460. The lowest BCUT2D eigenvalue weighted by Crippen LogP contribution is -2.51. The largest absolute Gasteiger partial charge is 0.462 e. The van der Waals surface area contributed by atoms with E-state index >= 15 is 0 Å². The second kappa shape index (κ2) is 13.8. The molecule has 0 radical (unpaired) electrons. The molecule has 41 heavy (non-hydrogen) atoms. The van der Waals surface area contributed by atoms with Gasteiger partial charge in [-0.2, -0.15) is 0 Å². The van der Waals surface area contributed by atoms with E-state index < -0.39 is 0 Å². The van der Waals surface area contributed by atoms with E-state index in [-0.39, 0.29) is 18.0 Å².